The Kier molecular flexibility index (Phi) is 7.68. The van der Waals surface area contributed by atoms with Crippen LogP contribution in [0.5, 0.6) is 11.5 Å². The van der Waals surface area contributed by atoms with E-state index in [4.69, 9.17) is 25.8 Å². The summed E-state index contributed by atoms with van der Waals surface area (Å²) in [5.74, 6) is -0.317. The lowest BCUT2D eigenvalue weighted by Gasteiger charge is -2.13. The van der Waals surface area contributed by atoms with Crippen LogP contribution < -0.4 is 14.8 Å². The van der Waals surface area contributed by atoms with Crippen molar-refractivity contribution in [2.24, 2.45) is 0 Å². The SMILES string of the molecule is CCOc1c(Cl)cc(C(=O)OCC(=O)N[C@H](C)CC)cc1OC. The fraction of sp³-hybridized carbons (Fsp3) is 0.500. The molecule has 0 heterocycles. The Hall–Kier alpha value is -1.95. The van der Waals surface area contributed by atoms with E-state index < -0.39 is 5.97 Å². The Balaban J connectivity index is 2.77. The zero-order valence-corrected chi connectivity index (χ0v) is 14.5. The minimum atomic E-state index is -0.660. The highest BCUT2D eigenvalue weighted by Gasteiger charge is 2.17. The summed E-state index contributed by atoms with van der Waals surface area (Å²) in [7, 11) is 1.45. The molecule has 7 heteroatoms. The quantitative estimate of drug-likeness (QED) is 0.735. The van der Waals surface area contributed by atoms with Gasteiger partial charge in [-0.1, -0.05) is 18.5 Å². The summed E-state index contributed by atoms with van der Waals surface area (Å²) < 4.78 is 15.5. The average molecular weight is 344 g/mol. The third-order valence-electron chi connectivity index (χ3n) is 3.11. The first-order valence-corrected chi connectivity index (χ1v) is 7.77. The van der Waals surface area contributed by atoms with E-state index in [1.807, 2.05) is 20.8 Å². The van der Waals surface area contributed by atoms with Gasteiger partial charge in [-0.3, -0.25) is 4.79 Å². The largest absolute Gasteiger partial charge is 0.493 e. The van der Waals surface area contributed by atoms with Crippen LogP contribution >= 0.6 is 11.6 Å². The van der Waals surface area contributed by atoms with Crippen molar-refractivity contribution in [2.75, 3.05) is 20.3 Å². The summed E-state index contributed by atoms with van der Waals surface area (Å²) in [5, 5.41) is 2.95. The molecule has 1 rings (SSSR count). The maximum Gasteiger partial charge on any atom is 0.338 e. The van der Waals surface area contributed by atoms with Gasteiger partial charge in [-0.15, -0.1) is 0 Å². The van der Waals surface area contributed by atoms with Crippen molar-refractivity contribution in [3.05, 3.63) is 22.7 Å². The molecule has 0 bridgehead atoms. The van der Waals surface area contributed by atoms with Crippen LogP contribution in [-0.2, 0) is 9.53 Å². The lowest BCUT2D eigenvalue weighted by Crippen LogP contribution is -2.35. The molecule has 23 heavy (non-hydrogen) atoms. The van der Waals surface area contributed by atoms with Crippen molar-refractivity contribution < 1.29 is 23.8 Å². The van der Waals surface area contributed by atoms with Crippen LogP contribution in [0, 0.1) is 0 Å². The highest BCUT2D eigenvalue weighted by molar-refractivity contribution is 6.32. The summed E-state index contributed by atoms with van der Waals surface area (Å²) >= 11 is 6.09. The van der Waals surface area contributed by atoms with E-state index in [1.165, 1.54) is 19.2 Å². The fourth-order valence-electron chi connectivity index (χ4n) is 1.76. The van der Waals surface area contributed by atoms with Crippen molar-refractivity contribution in [1.82, 2.24) is 5.32 Å². The van der Waals surface area contributed by atoms with E-state index in [0.29, 0.717) is 18.1 Å². The highest BCUT2D eigenvalue weighted by Crippen LogP contribution is 2.36. The Morgan fingerprint density at radius 2 is 2.00 bits per heavy atom. The van der Waals surface area contributed by atoms with E-state index in [1.54, 1.807) is 0 Å². The van der Waals surface area contributed by atoms with Gasteiger partial charge in [0.2, 0.25) is 0 Å². The summed E-state index contributed by atoms with van der Waals surface area (Å²) in [5.41, 5.74) is 0.187. The number of amides is 1. The van der Waals surface area contributed by atoms with E-state index >= 15 is 0 Å². The van der Waals surface area contributed by atoms with E-state index in [9.17, 15) is 9.59 Å². The summed E-state index contributed by atoms with van der Waals surface area (Å²) in [4.78, 5) is 23.7. The molecular formula is C16H22ClNO5. The molecule has 1 aromatic carbocycles. The normalized spacial score (nSPS) is 11.5. The third kappa shape index (κ3) is 5.63. The molecule has 0 aliphatic rings. The van der Waals surface area contributed by atoms with Gasteiger partial charge in [-0.2, -0.15) is 0 Å². The zero-order chi connectivity index (χ0) is 17.4. The van der Waals surface area contributed by atoms with Gasteiger partial charge in [0.25, 0.3) is 5.91 Å². The standard InChI is InChI=1S/C16H22ClNO5/c1-5-10(3)18-14(19)9-23-16(20)11-7-12(17)15(22-6-2)13(8-11)21-4/h7-8,10H,5-6,9H2,1-4H3,(H,18,19)/t10-/m1/s1. The number of carbonyl (C=O) groups is 2. The number of methoxy groups -OCH3 is 1. The van der Waals surface area contributed by atoms with Crippen LogP contribution in [0.3, 0.4) is 0 Å². The average Bonchev–Trinajstić information content (AvgIpc) is 2.54. The molecular weight excluding hydrogens is 322 g/mol. The third-order valence-corrected chi connectivity index (χ3v) is 3.39. The Labute approximate surface area is 141 Å². The monoisotopic (exact) mass is 343 g/mol. The van der Waals surface area contributed by atoms with Crippen molar-refractivity contribution in [3.8, 4) is 11.5 Å². The molecule has 1 aromatic rings. The van der Waals surface area contributed by atoms with Crippen molar-refractivity contribution >= 4 is 23.5 Å². The number of hydrogen-bond donors (Lipinski definition) is 1. The molecule has 0 saturated carbocycles. The van der Waals surface area contributed by atoms with Gasteiger partial charge in [0.1, 0.15) is 0 Å². The predicted molar refractivity (Wildman–Crippen MR) is 87.4 cm³/mol. The topological polar surface area (TPSA) is 73.9 Å². The molecule has 0 aliphatic heterocycles. The first-order chi connectivity index (χ1) is 10.9. The molecule has 128 valence electrons. The number of ether oxygens (including phenoxy) is 3. The second-order valence-corrected chi connectivity index (χ2v) is 5.28. The van der Waals surface area contributed by atoms with Crippen molar-refractivity contribution in [2.45, 2.75) is 33.2 Å². The first kappa shape index (κ1) is 19.1. The number of halogens is 1. The maximum absolute atomic E-state index is 12.0. The fourth-order valence-corrected chi connectivity index (χ4v) is 2.02. The summed E-state index contributed by atoms with van der Waals surface area (Å²) in [6.07, 6.45) is 0.797. The van der Waals surface area contributed by atoms with E-state index in [2.05, 4.69) is 5.32 Å². The minimum absolute atomic E-state index is 0.0289. The van der Waals surface area contributed by atoms with Gasteiger partial charge in [-0.25, -0.2) is 4.79 Å². The van der Waals surface area contributed by atoms with Gasteiger partial charge in [0.05, 0.1) is 24.3 Å². The van der Waals surface area contributed by atoms with Crippen LogP contribution in [0.25, 0.3) is 0 Å². The molecule has 1 atom stereocenters. The van der Waals surface area contributed by atoms with Crippen LogP contribution in [-0.4, -0.2) is 38.2 Å². The van der Waals surface area contributed by atoms with Crippen LogP contribution in [0.1, 0.15) is 37.6 Å². The lowest BCUT2D eigenvalue weighted by molar-refractivity contribution is -0.124. The second-order valence-electron chi connectivity index (χ2n) is 4.88. The molecule has 0 fully saturated rings. The van der Waals surface area contributed by atoms with Crippen molar-refractivity contribution in [1.29, 1.82) is 0 Å². The number of benzene rings is 1. The first-order valence-electron chi connectivity index (χ1n) is 7.39. The molecule has 1 N–H and O–H groups in total. The zero-order valence-electron chi connectivity index (χ0n) is 13.8. The Bertz CT molecular complexity index is 562. The van der Waals surface area contributed by atoms with Gasteiger partial charge >= 0.3 is 5.97 Å². The second kappa shape index (κ2) is 9.25. The minimum Gasteiger partial charge on any atom is -0.493 e. The highest BCUT2D eigenvalue weighted by atomic mass is 35.5. The maximum atomic E-state index is 12.0. The molecule has 1 amide bonds. The number of rotatable bonds is 8. The molecule has 0 saturated heterocycles. The molecule has 0 aliphatic carbocycles. The number of hydrogen-bond acceptors (Lipinski definition) is 5. The van der Waals surface area contributed by atoms with Crippen molar-refractivity contribution in [3.63, 3.8) is 0 Å². The lowest BCUT2D eigenvalue weighted by atomic mass is 10.2. The number of nitrogens with one attached hydrogen (secondary N) is 1. The van der Waals surface area contributed by atoms with Gasteiger partial charge in [-0.05, 0) is 32.4 Å². The molecule has 6 nitrogen and oxygen atoms in total. The van der Waals surface area contributed by atoms with E-state index in [0.717, 1.165) is 6.42 Å². The number of carbonyl (C=O) groups excluding carboxylic acids is 2. The molecule has 0 spiro atoms. The van der Waals surface area contributed by atoms with E-state index in [-0.39, 0.29) is 29.1 Å². The Morgan fingerprint density at radius 1 is 1.30 bits per heavy atom. The molecule has 0 radical (unpaired) electrons. The smallest absolute Gasteiger partial charge is 0.338 e. The van der Waals surface area contributed by atoms with Crippen LogP contribution in [0.15, 0.2) is 12.1 Å². The molecule has 0 aromatic heterocycles. The van der Waals surface area contributed by atoms with Gasteiger partial charge in [0.15, 0.2) is 18.1 Å². The molecule has 0 unspecified atom stereocenters. The number of esters is 1. The Morgan fingerprint density at radius 3 is 2.57 bits per heavy atom. The van der Waals surface area contributed by atoms with Crippen LogP contribution in [0.2, 0.25) is 5.02 Å². The van der Waals surface area contributed by atoms with Gasteiger partial charge < -0.3 is 19.5 Å². The summed E-state index contributed by atoms with van der Waals surface area (Å²) in [6, 6.07) is 2.91. The van der Waals surface area contributed by atoms with Crippen LogP contribution in [0.4, 0.5) is 0 Å². The van der Waals surface area contributed by atoms with Gasteiger partial charge in [0, 0.05) is 6.04 Å². The predicted octanol–water partition coefficient (Wildman–Crippen LogP) is 2.82. The summed E-state index contributed by atoms with van der Waals surface area (Å²) in [6.45, 7) is 5.70.